The number of aliphatic hydroxyl groups is 1. The molecule has 0 heterocycles. The standard InChI is InChI=1S/C24H36N4O2.HI/c1-6-25-24(26-15-19-9-7-10-20(13-19)17-28(4)5)27-16-23(29)21-11-8-12-22(14-21)30-18(2)3;/h7-14,18,23,29H,6,15-17H2,1-5H3,(H2,25,26,27);1H. The van der Waals surface area contributed by atoms with E-state index in [-0.39, 0.29) is 30.1 Å². The van der Waals surface area contributed by atoms with Crippen LogP contribution in [0, 0.1) is 0 Å². The van der Waals surface area contributed by atoms with E-state index < -0.39 is 6.10 Å². The predicted octanol–water partition coefficient (Wildman–Crippen LogP) is 3.94. The van der Waals surface area contributed by atoms with Gasteiger partial charge in [-0.15, -0.1) is 24.0 Å². The molecule has 0 saturated heterocycles. The number of nitrogens with zero attached hydrogens (tertiary/aromatic N) is 2. The largest absolute Gasteiger partial charge is 0.491 e. The van der Waals surface area contributed by atoms with Crippen molar-refractivity contribution in [2.24, 2.45) is 4.99 Å². The summed E-state index contributed by atoms with van der Waals surface area (Å²) < 4.78 is 5.72. The van der Waals surface area contributed by atoms with Gasteiger partial charge in [0.1, 0.15) is 5.75 Å². The molecule has 1 unspecified atom stereocenters. The Bertz CT molecular complexity index is 812. The molecular formula is C24H37IN4O2. The Morgan fingerprint density at radius 1 is 1.06 bits per heavy atom. The summed E-state index contributed by atoms with van der Waals surface area (Å²) in [6, 6.07) is 16.1. The second-order valence-corrected chi connectivity index (χ2v) is 7.89. The molecule has 2 aromatic rings. The number of nitrogens with one attached hydrogen (secondary N) is 2. The Morgan fingerprint density at radius 2 is 1.77 bits per heavy atom. The van der Waals surface area contributed by atoms with E-state index in [4.69, 9.17) is 4.74 Å². The number of hydrogen-bond donors (Lipinski definition) is 3. The van der Waals surface area contributed by atoms with Crippen LogP contribution in [0.2, 0.25) is 0 Å². The van der Waals surface area contributed by atoms with Gasteiger partial charge in [-0.1, -0.05) is 36.4 Å². The minimum absolute atomic E-state index is 0. The van der Waals surface area contributed by atoms with Crippen LogP contribution in [-0.4, -0.2) is 49.3 Å². The molecule has 7 heteroatoms. The molecule has 0 fully saturated rings. The van der Waals surface area contributed by atoms with Gasteiger partial charge in [-0.2, -0.15) is 0 Å². The Hall–Kier alpha value is -1.84. The predicted molar refractivity (Wildman–Crippen MR) is 139 cm³/mol. The summed E-state index contributed by atoms with van der Waals surface area (Å²) in [6.45, 7) is 8.59. The second kappa shape index (κ2) is 14.3. The zero-order chi connectivity index (χ0) is 21.9. The van der Waals surface area contributed by atoms with Gasteiger partial charge in [-0.25, -0.2) is 4.99 Å². The summed E-state index contributed by atoms with van der Waals surface area (Å²) >= 11 is 0. The van der Waals surface area contributed by atoms with Crippen LogP contribution in [0.1, 0.15) is 43.6 Å². The number of ether oxygens (including phenoxy) is 1. The monoisotopic (exact) mass is 540 g/mol. The molecule has 1 atom stereocenters. The molecule has 0 aliphatic rings. The first-order valence-electron chi connectivity index (χ1n) is 10.6. The SMILES string of the molecule is CCNC(=NCc1cccc(CN(C)C)c1)NCC(O)c1cccc(OC(C)C)c1.I. The molecule has 0 aliphatic carbocycles. The van der Waals surface area contributed by atoms with Crippen molar-refractivity contribution < 1.29 is 9.84 Å². The van der Waals surface area contributed by atoms with E-state index in [9.17, 15) is 5.11 Å². The van der Waals surface area contributed by atoms with Crippen molar-refractivity contribution in [3.05, 3.63) is 65.2 Å². The topological polar surface area (TPSA) is 69.1 Å². The average molecular weight is 540 g/mol. The molecule has 0 aliphatic heterocycles. The van der Waals surface area contributed by atoms with Gasteiger partial charge in [0, 0.05) is 19.6 Å². The average Bonchev–Trinajstić information content (AvgIpc) is 2.69. The Morgan fingerprint density at radius 3 is 2.45 bits per heavy atom. The molecule has 2 rings (SSSR count). The molecule has 0 saturated carbocycles. The maximum Gasteiger partial charge on any atom is 0.191 e. The Labute approximate surface area is 204 Å². The molecule has 0 radical (unpaired) electrons. The van der Waals surface area contributed by atoms with Crippen LogP contribution in [0.4, 0.5) is 0 Å². The van der Waals surface area contributed by atoms with Crippen molar-refractivity contribution in [1.29, 1.82) is 0 Å². The van der Waals surface area contributed by atoms with Gasteiger partial charge in [0.15, 0.2) is 5.96 Å². The molecular weight excluding hydrogens is 503 g/mol. The quantitative estimate of drug-likeness (QED) is 0.242. The Balaban J connectivity index is 0.00000480. The zero-order valence-corrected chi connectivity index (χ0v) is 21.6. The third kappa shape index (κ3) is 10.3. The molecule has 0 bridgehead atoms. The molecule has 0 aromatic heterocycles. The van der Waals surface area contributed by atoms with Crippen LogP contribution >= 0.6 is 24.0 Å². The normalized spacial score (nSPS) is 12.5. The molecule has 3 N–H and O–H groups in total. The molecule has 6 nitrogen and oxygen atoms in total. The van der Waals surface area contributed by atoms with Crippen molar-refractivity contribution in [3.8, 4) is 5.75 Å². The third-order valence-corrected chi connectivity index (χ3v) is 4.33. The van der Waals surface area contributed by atoms with Crippen molar-refractivity contribution in [2.75, 3.05) is 27.2 Å². The highest BCUT2D eigenvalue weighted by atomic mass is 127. The van der Waals surface area contributed by atoms with Crippen molar-refractivity contribution in [1.82, 2.24) is 15.5 Å². The fraction of sp³-hybridized carbons (Fsp3) is 0.458. The van der Waals surface area contributed by atoms with Crippen molar-refractivity contribution in [3.63, 3.8) is 0 Å². The lowest BCUT2D eigenvalue weighted by atomic mass is 10.1. The summed E-state index contributed by atoms with van der Waals surface area (Å²) in [5, 5.41) is 17.1. The van der Waals surface area contributed by atoms with E-state index in [1.165, 1.54) is 5.56 Å². The van der Waals surface area contributed by atoms with Crippen molar-refractivity contribution in [2.45, 2.75) is 46.1 Å². The highest BCUT2D eigenvalue weighted by Crippen LogP contribution is 2.20. The minimum atomic E-state index is -0.659. The van der Waals surface area contributed by atoms with Crippen LogP contribution in [0.25, 0.3) is 0 Å². The van der Waals surface area contributed by atoms with Gasteiger partial charge in [-0.05, 0) is 63.7 Å². The summed E-state index contributed by atoms with van der Waals surface area (Å²) in [5.74, 6) is 1.45. The van der Waals surface area contributed by atoms with E-state index in [0.29, 0.717) is 19.0 Å². The van der Waals surface area contributed by atoms with E-state index in [1.54, 1.807) is 0 Å². The Kier molecular flexibility index (Phi) is 12.5. The number of rotatable bonds is 10. The van der Waals surface area contributed by atoms with E-state index >= 15 is 0 Å². The van der Waals surface area contributed by atoms with E-state index in [0.717, 1.165) is 30.0 Å². The van der Waals surface area contributed by atoms with Crippen LogP contribution in [0.15, 0.2) is 53.5 Å². The van der Waals surface area contributed by atoms with Crippen molar-refractivity contribution >= 4 is 29.9 Å². The van der Waals surface area contributed by atoms with Gasteiger partial charge in [0.05, 0.1) is 18.8 Å². The van der Waals surface area contributed by atoms with Gasteiger partial charge >= 0.3 is 0 Å². The van der Waals surface area contributed by atoms with E-state index in [1.807, 2.05) is 45.0 Å². The first-order chi connectivity index (χ1) is 14.4. The highest BCUT2D eigenvalue weighted by molar-refractivity contribution is 14.0. The van der Waals surface area contributed by atoms with E-state index in [2.05, 4.69) is 58.9 Å². The number of guanidine groups is 1. The lowest BCUT2D eigenvalue weighted by Crippen LogP contribution is -2.39. The molecule has 0 spiro atoms. The molecule has 2 aromatic carbocycles. The van der Waals surface area contributed by atoms with Gasteiger partial charge < -0.3 is 25.4 Å². The highest BCUT2D eigenvalue weighted by Gasteiger charge is 2.10. The molecule has 172 valence electrons. The lowest BCUT2D eigenvalue weighted by molar-refractivity contribution is 0.179. The number of aliphatic hydroxyl groups excluding tert-OH is 1. The van der Waals surface area contributed by atoms with Gasteiger partial charge in [0.2, 0.25) is 0 Å². The summed E-state index contributed by atoms with van der Waals surface area (Å²) in [4.78, 5) is 6.82. The first-order valence-corrected chi connectivity index (χ1v) is 10.6. The maximum absolute atomic E-state index is 10.6. The number of halogens is 1. The number of benzene rings is 2. The maximum atomic E-state index is 10.6. The summed E-state index contributed by atoms with van der Waals surface area (Å²) in [7, 11) is 4.13. The second-order valence-electron chi connectivity index (χ2n) is 7.89. The summed E-state index contributed by atoms with van der Waals surface area (Å²) in [5.41, 5.74) is 3.24. The first kappa shape index (κ1) is 27.2. The number of aliphatic imine (C=N–C) groups is 1. The lowest BCUT2D eigenvalue weighted by Gasteiger charge is -2.17. The van der Waals surface area contributed by atoms with Crippen LogP contribution in [-0.2, 0) is 13.1 Å². The summed E-state index contributed by atoms with van der Waals surface area (Å²) in [6.07, 6.45) is -0.563. The molecule has 0 amide bonds. The van der Waals surface area contributed by atoms with Crippen LogP contribution in [0.3, 0.4) is 0 Å². The fourth-order valence-electron chi connectivity index (χ4n) is 3.08. The number of hydrogen-bond acceptors (Lipinski definition) is 4. The van der Waals surface area contributed by atoms with Crippen LogP contribution < -0.4 is 15.4 Å². The van der Waals surface area contributed by atoms with Gasteiger partial charge in [0.25, 0.3) is 0 Å². The molecule has 31 heavy (non-hydrogen) atoms. The third-order valence-electron chi connectivity index (χ3n) is 4.33. The smallest absolute Gasteiger partial charge is 0.191 e. The van der Waals surface area contributed by atoms with Gasteiger partial charge in [-0.3, -0.25) is 0 Å². The van der Waals surface area contributed by atoms with Crippen LogP contribution in [0.5, 0.6) is 5.75 Å². The zero-order valence-electron chi connectivity index (χ0n) is 19.3. The fourth-order valence-corrected chi connectivity index (χ4v) is 3.08. The minimum Gasteiger partial charge on any atom is -0.491 e.